The molecule has 1 rings (SSSR count). The topological polar surface area (TPSA) is 68.3 Å². The van der Waals surface area contributed by atoms with Crippen molar-refractivity contribution < 1.29 is 12.6 Å². The summed E-state index contributed by atoms with van der Waals surface area (Å²) < 4.78 is 24.5. The van der Waals surface area contributed by atoms with Crippen LogP contribution in [0.5, 0.6) is 0 Å². The van der Waals surface area contributed by atoms with Gasteiger partial charge >= 0.3 is 0 Å². The van der Waals surface area contributed by atoms with E-state index in [0.717, 1.165) is 12.1 Å². The van der Waals surface area contributed by atoms with E-state index in [1.54, 1.807) is 6.07 Å². The summed E-state index contributed by atoms with van der Waals surface area (Å²) in [5.74, 6) is 0.612. The van der Waals surface area contributed by atoms with E-state index in [1.165, 1.54) is 0 Å². The van der Waals surface area contributed by atoms with Gasteiger partial charge in [-0.3, -0.25) is 4.18 Å². The molecule has 0 aliphatic carbocycles. The lowest BCUT2D eigenvalue weighted by molar-refractivity contribution is 0.360. The van der Waals surface area contributed by atoms with Crippen LogP contribution >= 0.6 is 0 Å². The summed E-state index contributed by atoms with van der Waals surface area (Å²) in [5, 5.41) is 2.73. The van der Waals surface area contributed by atoms with Crippen LogP contribution in [-0.4, -0.2) is 20.1 Å². The monoisotopic (exact) mass is 216 g/mol. The van der Waals surface area contributed by atoms with Gasteiger partial charge in [0.05, 0.1) is 0 Å². The normalized spacial score (nSPS) is 10.4. The fourth-order valence-electron chi connectivity index (χ4n) is 0.934. The number of thiol groups is 1. The Bertz CT molecular complexity index is 357. The molecule has 0 fully saturated rings. The molecule has 0 amide bonds. The molecule has 5 nitrogen and oxygen atoms in total. The molecule has 78 valence electrons. The van der Waals surface area contributed by atoms with E-state index in [9.17, 15) is 8.42 Å². The molecule has 6 heteroatoms. The van der Waals surface area contributed by atoms with E-state index in [4.69, 9.17) is 0 Å². The van der Waals surface area contributed by atoms with Crippen molar-refractivity contribution in [1.82, 2.24) is 4.98 Å². The van der Waals surface area contributed by atoms with Crippen LogP contribution < -0.4 is 5.32 Å². The highest BCUT2D eigenvalue weighted by molar-refractivity contribution is 7.67. The van der Waals surface area contributed by atoms with Crippen LogP contribution in [0, 0.1) is 0 Å². The Morgan fingerprint density at radius 2 is 2.29 bits per heavy atom. The predicted octanol–water partition coefficient (Wildman–Crippen LogP) is 0.556. The SMILES string of the molecule is CCc1cccc(NCO[SH](=O)=O)n1. The first-order valence-corrected chi connectivity index (χ1v) is 5.29. The zero-order chi connectivity index (χ0) is 10.4. The summed E-state index contributed by atoms with van der Waals surface area (Å²) in [4.78, 5) is 4.20. The fourth-order valence-corrected chi connectivity index (χ4v) is 1.10. The van der Waals surface area contributed by atoms with Crippen LogP contribution in [-0.2, 0) is 21.6 Å². The van der Waals surface area contributed by atoms with Gasteiger partial charge in [-0.1, -0.05) is 13.0 Å². The third-order valence-electron chi connectivity index (χ3n) is 1.59. The minimum atomic E-state index is -2.80. The third kappa shape index (κ3) is 3.71. The van der Waals surface area contributed by atoms with Gasteiger partial charge in [-0.15, -0.1) is 0 Å². The molecule has 0 radical (unpaired) electrons. The van der Waals surface area contributed by atoms with Gasteiger partial charge in [0.1, 0.15) is 12.5 Å². The van der Waals surface area contributed by atoms with Gasteiger partial charge in [-0.25, -0.2) is 13.4 Å². The van der Waals surface area contributed by atoms with Crippen molar-refractivity contribution in [3.63, 3.8) is 0 Å². The van der Waals surface area contributed by atoms with Crippen LogP contribution in [0.25, 0.3) is 0 Å². The maximum Gasteiger partial charge on any atom is 0.258 e. The molecule has 1 aromatic rings. The summed E-state index contributed by atoms with van der Waals surface area (Å²) in [6, 6.07) is 5.51. The molecule has 14 heavy (non-hydrogen) atoms. The Morgan fingerprint density at radius 1 is 1.50 bits per heavy atom. The highest BCUT2D eigenvalue weighted by Gasteiger charge is 1.94. The third-order valence-corrected chi connectivity index (χ3v) is 1.93. The van der Waals surface area contributed by atoms with E-state index >= 15 is 0 Å². The fraction of sp³-hybridized carbons (Fsp3) is 0.375. The standard InChI is InChI=1S/C8H12N2O3S/c1-2-7-4-3-5-8(10-7)9-6-13-14(11)12/h3-5,14H,2,6H2,1H3,(H,9,10). The molecule has 0 aliphatic rings. The number of aromatic nitrogens is 1. The zero-order valence-electron chi connectivity index (χ0n) is 7.77. The van der Waals surface area contributed by atoms with Crippen molar-refractivity contribution in [2.24, 2.45) is 0 Å². The summed E-state index contributed by atoms with van der Waals surface area (Å²) in [6.45, 7) is 1.91. The maximum absolute atomic E-state index is 10.1. The van der Waals surface area contributed by atoms with Gasteiger partial charge in [0.25, 0.3) is 11.0 Å². The Hall–Kier alpha value is -1.14. The van der Waals surface area contributed by atoms with Crippen LogP contribution in [0.3, 0.4) is 0 Å². The number of nitrogens with zero attached hydrogens (tertiary/aromatic N) is 1. The van der Waals surface area contributed by atoms with Crippen molar-refractivity contribution in [3.8, 4) is 0 Å². The van der Waals surface area contributed by atoms with Gasteiger partial charge in [0.2, 0.25) is 0 Å². The summed E-state index contributed by atoms with van der Waals surface area (Å²) in [5.41, 5.74) is 0.946. The molecular weight excluding hydrogens is 204 g/mol. The molecular formula is C8H12N2O3S. The second kappa shape index (κ2) is 5.56. The van der Waals surface area contributed by atoms with E-state index in [-0.39, 0.29) is 6.73 Å². The van der Waals surface area contributed by atoms with Crippen LogP contribution in [0.1, 0.15) is 12.6 Å². The van der Waals surface area contributed by atoms with Crippen molar-refractivity contribution in [1.29, 1.82) is 0 Å². The number of hydrogen-bond donors (Lipinski definition) is 2. The number of rotatable bonds is 5. The summed E-state index contributed by atoms with van der Waals surface area (Å²) in [6.07, 6.45) is 0.839. The van der Waals surface area contributed by atoms with E-state index in [1.807, 2.05) is 19.1 Å². The highest BCUT2D eigenvalue weighted by Crippen LogP contribution is 2.04. The van der Waals surface area contributed by atoms with Crippen molar-refractivity contribution >= 4 is 16.8 Å². The minimum absolute atomic E-state index is 0.0845. The van der Waals surface area contributed by atoms with Gasteiger partial charge in [0, 0.05) is 5.69 Å². The molecule has 1 heterocycles. The molecule has 0 saturated heterocycles. The number of hydrogen-bond acceptors (Lipinski definition) is 5. The van der Waals surface area contributed by atoms with Crippen molar-refractivity contribution in [3.05, 3.63) is 23.9 Å². The number of anilines is 1. The van der Waals surface area contributed by atoms with Crippen LogP contribution in [0.2, 0.25) is 0 Å². The number of nitrogens with one attached hydrogen (secondary N) is 1. The molecule has 0 spiro atoms. The Labute approximate surface area is 84.3 Å². The van der Waals surface area contributed by atoms with Gasteiger partial charge < -0.3 is 5.32 Å². The Balaban J connectivity index is 2.50. The Kier molecular flexibility index (Phi) is 4.34. The predicted molar refractivity (Wildman–Crippen MR) is 53.5 cm³/mol. The quantitative estimate of drug-likeness (QED) is 0.556. The molecule has 0 saturated carbocycles. The number of aryl methyl sites for hydroxylation is 1. The molecule has 1 aromatic heterocycles. The molecule has 0 unspecified atom stereocenters. The van der Waals surface area contributed by atoms with Crippen molar-refractivity contribution in [2.45, 2.75) is 13.3 Å². The van der Waals surface area contributed by atoms with Crippen molar-refractivity contribution in [2.75, 3.05) is 12.0 Å². The van der Waals surface area contributed by atoms with E-state index < -0.39 is 11.0 Å². The van der Waals surface area contributed by atoms with Gasteiger partial charge in [0.15, 0.2) is 0 Å². The minimum Gasteiger partial charge on any atom is -0.346 e. The summed E-state index contributed by atoms with van der Waals surface area (Å²) >= 11 is 0. The smallest absolute Gasteiger partial charge is 0.258 e. The number of pyridine rings is 1. The molecule has 0 aliphatic heterocycles. The lowest BCUT2D eigenvalue weighted by Gasteiger charge is -2.04. The summed E-state index contributed by atoms with van der Waals surface area (Å²) in [7, 11) is -2.80. The average Bonchev–Trinajstić information content (AvgIpc) is 2.18. The molecule has 0 bridgehead atoms. The first-order valence-electron chi connectivity index (χ1n) is 4.19. The Morgan fingerprint density at radius 3 is 2.93 bits per heavy atom. The maximum atomic E-state index is 10.1. The second-order valence-corrected chi connectivity index (χ2v) is 3.25. The van der Waals surface area contributed by atoms with E-state index in [0.29, 0.717) is 5.82 Å². The molecule has 1 N–H and O–H groups in total. The largest absolute Gasteiger partial charge is 0.346 e. The molecule has 0 aromatic carbocycles. The first-order chi connectivity index (χ1) is 6.72. The van der Waals surface area contributed by atoms with Crippen LogP contribution in [0.15, 0.2) is 18.2 Å². The van der Waals surface area contributed by atoms with E-state index in [2.05, 4.69) is 14.5 Å². The average molecular weight is 216 g/mol. The lowest BCUT2D eigenvalue weighted by Crippen LogP contribution is -2.06. The van der Waals surface area contributed by atoms with Gasteiger partial charge in [-0.2, -0.15) is 0 Å². The lowest BCUT2D eigenvalue weighted by atomic mass is 10.3. The van der Waals surface area contributed by atoms with Crippen LogP contribution in [0.4, 0.5) is 5.82 Å². The second-order valence-electron chi connectivity index (χ2n) is 2.54. The first kappa shape index (κ1) is 10.9. The highest BCUT2D eigenvalue weighted by atomic mass is 32.2. The molecule has 0 atom stereocenters. The van der Waals surface area contributed by atoms with Gasteiger partial charge in [-0.05, 0) is 18.6 Å². The zero-order valence-corrected chi connectivity index (χ0v) is 8.66.